The van der Waals surface area contributed by atoms with Gasteiger partial charge in [0.25, 0.3) is 0 Å². The first-order chi connectivity index (χ1) is 9.20. The van der Waals surface area contributed by atoms with Crippen LogP contribution >= 0.6 is 0 Å². The molecule has 2 nitrogen and oxygen atoms in total. The van der Waals surface area contributed by atoms with Crippen molar-refractivity contribution in [1.29, 1.82) is 0 Å². The van der Waals surface area contributed by atoms with E-state index in [9.17, 15) is 5.11 Å². The molecule has 0 aromatic heterocycles. The number of benzene rings is 1. The Kier molecular flexibility index (Phi) is 5.41. The van der Waals surface area contributed by atoms with Crippen LogP contribution in [0.15, 0.2) is 24.3 Å². The summed E-state index contributed by atoms with van der Waals surface area (Å²) in [5, 5.41) is 13.7. The lowest BCUT2D eigenvalue weighted by Crippen LogP contribution is -2.30. The molecule has 2 heteroatoms. The van der Waals surface area contributed by atoms with Crippen LogP contribution in [0.4, 0.5) is 0 Å². The van der Waals surface area contributed by atoms with E-state index < -0.39 is 0 Å². The molecule has 1 aliphatic carbocycles. The number of rotatable bonds is 6. The fourth-order valence-corrected chi connectivity index (χ4v) is 2.81. The van der Waals surface area contributed by atoms with E-state index in [4.69, 9.17) is 0 Å². The van der Waals surface area contributed by atoms with Crippen LogP contribution in [0.25, 0.3) is 0 Å². The summed E-state index contributed by atoms with van der Waals surface area (Å²) >= 11 is 0. The minimum Gasteiger partial charge on any atom is -0.387 e. The van der Waals surface area contributed by atoms with Gasteiger partial charge in [0.15, 0.2) is 0 Å². The highest BCUT2D eigenvalue weighted by Crippen LogP contribution is 2.22. The predicted molar refractivity (Wildman–Crippen MR) is 80.4 cm³/mol. The first-order valence-corrected chi connectivity index (χ1v) is 7.72. The Labute approximate surface area is 117 Å². The van der Waals surface area contributed by atoms with Crippen molar-refractivity contribution in [2.45, 2.75) is 64.0 Å². The number of nitrogens with one attached hydrogen (secondary N) is 1. The molecule has 1 aromatic rings. The average molecular weight is 261 g/mol. The van der Waals surface area contributed by atoms with Crippen molar-refractivity contribution >= 4 is 0 Å². The van der Waals surface area contributed by atoms with E-state index >= 15 is 0 Å². The molecule has 1 saturated carbocycles. The van der Waals surface area contributed by atoms with Gasteiger partial charge in [-0.2, -0.15) is 0 Å². The van der Waals surface area contributed by atoms with Gasteiger partial charge in [-0.15, -0.1) is 0 Å². The molecule has 0 spiro atoms. The Morgan fingerprint density at radius 1 is 1.16 bits per heavy atom. The van der Waals surface area contributed by atoms with Crippen LogP contribution in [-0.4, -0.2) is 17.7 Å². The molecule has 0 amide bonds. The maximum absolute atomic E-state index is 10.2. The highest BCUT2D eigenvalue weighted by molar-refractivity contribution is 5.26. The number of hydrogen-bond acceptors (Lipinski definition) is 2. The molecule has 0 saturated heterocycles. The summed E-state index contributed by atoms with van der Waals surface area (Å²) in [4.78, 5) is 0. The molecule has 2 atom stereocenters. The molecule has 2 rings (SSSR count). The lowest BCUT2D eigenvalue weighted by Gasteiger charge is -2.17. The highest BCUT2D eigenvalue weighted by Gasteiger charge is 2.16. The second kappa shape index (κ2) is 7.06. The molecule has 1 fully saturated rings. The first-order valence-electron chi connectivity index (χ1n) is 7.72. The monoisotopic (exact) mass is 261 g/mol. The van der Waals surface area contributed by atoms with Crippen molar-refractivity contribution in [3.05, 3.63) is 35.4 Å². The van der Waals surface area contributed by atoms with Crippen LogP contribution in [-0.2, 0) is 0 Å². The molecule has 2 unspecified atom stereocenters. The van der Waals surface area contributed by atoms with Gasteiger partial charge in [0.2, 0.25) is 0 Å². The number of aliphatic hydroxyl groups excluding tert-OH is 1. The molecular formula is C17H27NO. The van der Waals surface area contributed by atoms with Gasteiger partial charge in [-0.25, -0.2) is 0 Å². The molecule has 0 bridgehead atoms. The average Bonchev–Trinajstić information content (AvgIpc) is 2.97. The number of hydrogen-bond donors (Lipinski definition) is 2. The Balaban J connectivity index is 1.86. The normalized spacial score (nSPS) is 19.5. The van der Waals surface area contributed by atoms with Crippen LogP contribution in [0.5, 0.6) is 0 Å². The fourth-order valence-electron chi connectivity index (χ4n) is 2.81. The van der Waals surface area contributed by atoms with E-state index in [1.165, 1.54) is 31.2 Å². The van der Waals surface area contributed by atoms with Gasteiger partial charge in [0.1, 0.15) is 0 Å². The first kappa shape index (κ1) is 14.5. The lowest BCUT2D eigenvalue weighted by atomic mass is 9.96. The van der Waals surface area contributed by atoms with Crippen molar-refractivity contribution in [3.8, 4) is 0 Å². The molecule has 0 radical (unpaired) electrons. The second-order valence-corrected chi connectivity index (χ2v) is 5.88. The third-order valence-corrected chi connectivity index (χ3v) is 4.46. The predicted octanol–water partition coefficient (Wildman–Crippen LogP) is 3.77. The van der Waals surface area contributed by atoms with Crippen LogP contribution in [0.3, 0.4) is 0 Å². The van der Waals surface area contributed by atoms with Gasteiger partial charge < -0.3 is 10.4 Å². The van der Waals surface area contributed by atoms with Crippen LogP contribution in [0, 0.1) is 0 Å². The van der Waals surface area contributed by atoms with Crippen molar-refractivity contribution in [1.82, 2.24) is 5.32 Å². The fraction of sp³-hybridized carbons (Fsp3) is 0.647. The third-order valence-electron chi connectivity index (χ3n) is 4.46. The van der Waals surface area contributed by atoms with Gasteiger partial charge in [-0.05, 0) is 36.3 Å². The Morgan fingerprint density at radius 3 is 2.32 bits per heavy atom. The van der Waals surface area contributed by atoms with E-state index in [1.54, 1.807) is 0 Å². The molecule has 106 valence electrons. The summed E-state index contributed by atoms with van der Waals surface area (Å²) in [5.74, 6) is 0.600. The van der Waals surface area contributed by atoms with Gasteiger partial charge in [-0.3, -0.25) is 0 Å². The van der Waals surface area contributed by atoms with E-state index in [0.29, 0.717) is 18.5 Å². The summed E-state index contributed by atoms with van der Waals surface area (Å²) in [5.41, 5.74) is 2.39. The zero-order chi connectivity index (χ0) is 13.7. The highest BCUT2D eigenvalue weighted by atomic mass is 16.3. The van der Waals surface area contributed by atoms with E-state index in [0.717, 1.165) is 12.0 Å². The Morgan fingerprint density at radius 2 is 1.74 bits per heavy atom. The summed E-state index contributed by atoms with van der Waals surface area (Å²) < 4.78 is 0. The Bertz CT molecular complexity index is 367. The molecule has 2 N–H and O–H groups in total. The summed E-state index contributed by atoms with van der Waals surface area (Å²) in [6.07, 6.45) is 5.96. The van der Waals surface area contributed by atoms with Gasteiger partial charge in [-0.1, -0.05) is 51.0 Å². The smallest absolute Gasteiger partial charge is 0.0914 e. The van der Waals surface area contributed by atoms with Gasteiger partial charge in [0, 0.05) is 12.6 Å². The Hall–Kier alpha value is -0.860. The SMILES string of the molecule is CCC(C)c1ccc(C(O)CNC2CCCC2)cc1. The largest absolute Gasteiger partial charge is 0.387 e. The zero-order valence-corrected chi connectivity index (χ0v) is 12.2. The molecular weight excluding hydrogens is 234 g/mol. The standard InChI is InChI=1S/C17H27NO/c1-3-13(2)14-8-10-15(11-9-14)17(19)12-18-16-6-4-5-7-16/h8-11,13,16-19H,3-7,12H2,1-2H3. The van der Waals surface area contributed by atoms with E-state index in [1.807, 2.05) is 0 Å². The number of aliphatic hydroxyl groups is 1. The minimum atomic E-state index is -0.383. The molecule has 1 aromatic carbocycles. The molecule has 0 heterocycles. The molecule has 0 aliphatic heterocycles. The van der Waals surface area contributed by atoms with Gasteiger partial charge in [0.05, 0.1) is 6.10 Å². The lowest BCUT2D eigenvalue weighted by molar-refractivity contribution is 0.170. The van der Waals surface area contributed by atoms with Gasteiger partial charge >= 0.3 is 0 Å². The van der Waals surface area contributed by atoms with Crippen molar-refractivity contribution in [2.75, 3.05) is 6.54 Å². The minimum absolute atomic E-state index is 0.383. The summed E-state index contributed by atoms with van der Waals surface area (Å²) in [6, 6.07) is 9.07. The maximum Gasteiger partial charge on any atom is 0.0914 e. The van der Waals surface area contributed by atoms with Crippen molar-refractivity contribution < 1.29 is 5.11 Å². The van der Waals surface area contributed by atoms with E-state index in [2.05, 4.69) is 43.4 Å². The third kappa shape index (κ3) is 4.05. The van der Waals surface area contributed by atoms with Crippen LogP contribution < -0.4 is 5.32 Å². The van der Waals surface area contributed by atoms with Crippen molar-refractivity contribution in [2.24, 2.45) is 0 Å². The van der Waals surface area contributed by atoms with Crippen LogP contribution in [0.1, 0.15) is 69.1 Å². The molecule has 19 heavy (non-hydrogen) atoms. The second-order valence-electron chi connectivity index (χ2n) is 5.88. The van der Waals surface area contributed by atoms with Crippen molar-refractivity contribution in [3.63, 3.8) is 0 Å². The topological polar surface area (TPSA) is 32.3 Å². The summed E-state index contributed by atoms with van der Waals surface area (Å²) in [6.45, 7) is 5.12. The zero-order valence-electron chi connectivity index (χ0n) is 12.2. The quantitative estimate of drug-likeness (QED) is 0.817. The van der Waals surface area contributed by atoms with Crippen LogP contribution in [0.2, 0.25) is 0 Å². The summed E-state index contributed by atoms with van der Waals surface area (Å²) in [7, 11) is 0. The van der Waals surface area contributed by atoms with E-state index in [-0.39, 0.29) is 6.10 Å². The maximum atomic E-state index is 10.2. The molecule has 1 aliphatic rings.